The van der Waals surface area contributed by atoms with E-state index < -0.39 is 0 Å². The van der Waals surface area contributed by atoms with E-state index in [4.69, 9.17) is 14.0 Å². The van der Waals surface area contributed by atoms with Crippen LogP contribution in [0.1, 0.15) is 24.1 Å². The van der Waals surface area contributed by atoms with Crippen molar-refractivity contribution in [2.45, 2.75) is 25.8 Å². The molecule has 0 fully saturated rings. The Hall–Kier alpha value is -3.35. The van der Waals surface area contributed by atoms with Crippen LogP contribution in [0.5, 0.6) is 11.5 Å². The molecule has 0 radical (unpaired) electrons. The van der Waals surface area contributed by atoms with Crippen LogP contribution in [0.25, 0.3) is 11.3 Å². The number of hydrogen-bond donors (Lipinski definition) is 0. The fraction of sp³-hybridized carbons (Fsp3) is 0.304. The molecule has 0 aliphatic carbocycles. The van der Waals surface area contributed by atoms with Crippen LogP contribution in [-0.2, 0) is 17.8 Å². The monoisotopic (exact) mass is 410 g/mol. The molecule has 6 nitrogen and oxygen atoms in total. The fourth-order valence-corrected chi connectivity index (χ4v) is 3.50. The van der Waals surface area contributed by atoms with Gasteiger partial charge in [0.05, 0.1) is 26.0 Å². The highest BCUT2D eigenvalue weighted by atomic mass is 19.1. The molecule has 0 unspecified atom stereocenters. The maximum absolute atomic E-state index is 13.2. The minimum atomic E-state index is -0.305. The number of nitrogens with zero attached hydrogens (tertiary/aromatic N) is 2. The highest BCUT2D eigenvalue weighted by Gasteiger charge is 2.27. The molecule has 0 saturated heterocycles. The summed E-state index contributed by atoms with van der Waals surface area (Å²) in [6.45, 7) is 1.52. The molecule has 0 spiro atoms. The topological polar surface area (TPSA) is 64.8 Å². The quantitative estimate of drug-likeness (QED) is 0.546. The minimum Gasteiger partial charge on any atom is -0.497 e. The Morgan fingerprint density at radius 1 is 1.13 bits per heavy atom. The van der Waals surface area contributed by atoms with Crippen molar-refractivity contribution in [1.29, 1.82) is 0 Å². The van der Waals surface area contributed by atoms with Crippen molar-refractivity contribution < 1.29 is 23.2 Å². The SMILES string of the molecule is COc1ccc(OCCCC(=O)N2CCc3noc(-c4ccc(F)cc4)c3C2)cc1. The third kappa shape index (κ3) is 4.45. The molecule has 0 bridgehead atoms. The van der Waals surface area contributed by atoms with Crippen molar-refractivity contribution in [3.8, 4) is 22.8 Å². The maximum atomic E-state index is 13.2. The first-order chi connectivity index (χ1) is 14.6. The molecular formula is C23H23FN2O4. The number of fused-ring (bicyclic) bond motifs is 1. The largest absolute Gasteiger partial charge is 0.497 e. The van der Waals surface area contributed by atoms with Crippen LogP contribution >= 0.6 is 0 Å². The van der Waals surface area contributed by atoms with E-state index >= 15 is 0 Å². The van der Waals surface area contributed by atoms with Crippen LogP contribution in [0, 0.1) is 5.82 Å². The van der Waals surface area contributed by atoms with Crippen molar-refractivity contribution in [2.24, 2.45) is 0 Å². The lowest BCUT2D eigenvalue weighted by atomic mass is 10.0. The van der Waals surface area contributed by atoms with Crippen LogP contribution in [0.15, 0.2) is 53.1 Å². The molecule has 4 rings (SSSR count). The van der Waals surface area contributed by atoms with Gasteiger partial charge < -0.3 is 18.9 Å². The lowest BCUT2D eigenvalue weighted by Gasteiger charge is -2.26. The third-order valence-corrected chi connectivity index (χ3v) is 5.16. The molecule has 1 amide bonds. The normalized spacial score (nSPS) is 13.1. The van der Waals surface area contributed by atoms with Crippen molar-refractivity contribution in [1.82, 2.24) is 10.1 Å². The number of aromatic nitrogens is 1. The first-order valence-electron chi connectivity index (χ1n) is 9.92. The Labute approximate surface area is 174 Å². The predicted octanol–water partition coefficient (Wildman–Crippen LogP) is 4.23. The predicted molar refractivity (Wildman–Crippen MR) is 109 cm³/mol. The van der Waals surface area contributed by atoms with E-state index in [1.165, 1.54) is 12.1 Å². The molecule has 156 valence electrons. The summed E-state index contributed by atoms with van der Waals surface area (Å²) in [4.78, 5) is 14.5. The number of amides is 1. The van der Waals surface area contributed by atoms with Crippen molar-refractivity contribution in [3.63, 3.8) is 0 Å². The van der Waals surface area contributed by atoms with Gasteiger partial charge in [-0.1, -0.05) is 5.16 Å². The van der Waals surface area contributed by atoms with Gasteiger partial charge in [0.1, 0.15) is 17.3 Å². The standard InChI is InChI=1S/C23H23FN2O4/c1-28-18-8-10-19(11-9-18)29-14-2-3-22(27)26-13-12-21-20(15-26)23(30-25-21)16-4-6-17(24)7-5-16/h4-11H,2-3,12-15H2,1H3. The highest BCUT2D eigenvalue weighted by Crippen LogP contribution is 2.31. The molecule has 1 aliphatic rings. The lowest BCUT2D eigenvalue weighted by Crippen LogP contribution is -2.36. The van der Waals surface area contributed by atoms with E-state index in [2.05, 4.69) is 5.16 Å². The summed E-state index contributed by atoms with van der Waals surface area (Å²) in [6.07, 6.45) is 1.68. The number of hydrogen-bond acceptors (Lipinski definition) is 5. The lowest BCUT2D eigenvalue weighted by molar-refractivity contribution is -0.132. The molecule has 3 aromatic rings. The number of carbonyl (C=O) groups excluding carboxylic acids is 1. The van der Waals surface area contributed by atoms with Gasteiger partial charge in [-0.25, -0.2) is 4.39 Å². The smallest absolute Gasteiger partial charge is 0.223 e. The van der Waals surface area contributed by atoms with E-state index in [-0.39, 0.29) is 11.7 Å². The molecule has 2 aromatic carbocycles. The van der Waals surface area contributed by atoms with Gasteiger partial charge in [-0.05, 0) is 55.0 Å². The van der Waals surface area contributed by atoms with Gasteiger partial charge in [0.15, 0.2) is 5.76 Å². The summed E-state index contributed by atoms with van der Waals surface area (Å²) in [5, 5.41) is 4.13. The molecule has 0 atom stereocenters. The van der Waals surface area contributed by atoms with Crippen molar-refractivity contribution >= 4 is 5.91 Å². The van der Waals surface area contributed by atoms with Gasteiger partial charge in [-0.3, -0.25) is 4.79 Å². The zero-order chi connectivity index (χ0) is 20.9. The molecule has 30 heavy (non-hydrogen) atoms. The summed E-state index contributed by atoms with van der Waals surface area (Å²) in [5.41, 5.74) is 2.52. The van der Waals surface area contributed by atoms with Crippen LogP contribution in [0.4, 0.5) is 4.39 Å². The van der Waals surface area contributed by atoms with Crippen molar-refractivity contribution in [2.75, 3.05) is 20.3 Å². The van der Waals surface area contributed by atoms with Gasteiger partial charge >= 0.3 is 0 Å². The van der Waals surface area contributed by atoms with E-state index in [1.807, 2.05) is 29.2 Å². The summed E-state index contributed by atoms with van der Waals surface area (Å²) in [7, 11) is 1.62. The second-order valence-corrected chi connectivity index (χ2v) is 7.14. The average molecular weight is 410 g/mol. The molecule has 1 aliphatic heterocycles. The summed E-state index contributed by atoms with van der Waals surface area (Å²) < 4.78 is 29.5. The summed E-state index contributed by atoms with van der Waals surface area (Å²) >= 11 is 0. The Morgan fingerprint density at radius 2 is 1.87 bits per heavy atom. The zero-order valence-electron chi connectivity index (χ0n) is 16.8. The van der Waals surface area contributed by atoms with Gasteiger partial charge in [0, 0.05) is 30.5 Å². The van der Waals surface area contributed by atoms with E-state index in [9.17, 15) is 9.18 Å². The zero-order valence-corrected chi connectivity index (χ0v) is 16.8. The molecule has 1 aromatic heterocycles. The molecule has 7 heteroatoms. The second kappa shape index (κ2) is 8.98. The average Bonchev–Trinajstić information content (AvgIpc) is 3.21. The van der Waals surface area contributed by atoms with Crippen LogP contribution in [-0.4, -0.2) is 36.2 Å². The summed E-state index contributed by atoms with van der Waals surface area (Å²) in [6, 6.07) is 13.5. The number of benzene rings is 2. The van der Waals surface area contributed by atoms with Gasteiger partial charge in [-0.15, -0.1) is 0 Å². The number of halogens is 1. The first-order valence-corrected chi connectivity index (χ1v) is 9.92. The molecule has 0 saturated carbocycles. The number of methoxy groups -OCH3 is 1. The minimum absolute atomic E-state index is 0.0743. The van der Waals surface area contributed by atoms with Gasteiger partial charge in [0.2, 0.25) is 5.91 Å². The Morgan fingerprint density at radius 3 is 2.60 bits per heavy atom. The van der Waals surface area contributed by atoms with Crippen LogP contribution in [0.3, 0.4) is 0 Å². The van der Waals surface area contributed by atoms with Crippen LogP contribution < -0.4 is 9.47 Å². The van der Waals surface area contributed by atoms with Gasteiger partial charge in [0.25, 0.3) is 0 Å². The Bertz CT molecular complexity index is 999. The molecular weight excluding hydrogens is 387 g/mol. The molecule has 0 N–H and O–H groups in total. The highest BCUT2D eigenvalue weighted by molar-refractivity contribution is 5.77. The van der Waals surface area contributed by atoms with E-state index in [0.29, 0.717) is 44.7 Å². The van der Waals surface area contributed by atoms with E-state index in [0.717, 1.165) is 28.3 Å². The molecule has 2 heterocycles. The number of ether oxygens (including phenoxy) is 2. The fourth-order valence-electron chi connectivity index (χ4n) is 3.50. The number of carbonyl (C=O) groups is 1. The summed E-state index contributed by atoms with van der Waals surface area (Å²) in [5.74, 6) is 1.89. The second-order valence-electron chi connectivity index (χ2n) is 7.14. The van der Waals surface area contributed by atoms with Gasteiger partial charge in [-0.2, -0.15) is 0 Å². The Kier molecular flexibility index (Phi) is 5.97. The van der Waals surface area contributed by atoms with Crippen LogP contribution in [0.2, 0.25) is 0 Å². The first kappa shape index (κ1) is 19.9. The Balaban J connectivity index is 1.31. The van der Waals surface area contributed by atoms with E-state index in [1.54, 1.807) is 19.2 Å². The number of rotatable bonds is 7. The third-order valence-electron chi connectivity index (χ3n) is 5.16. The van der Waals surface area contributed by atoms with Crippen molar-refractivity contribution in [3.05, 3.63) is 65.6 Å². The maximum Gasteiger partial charge on any atom is 0.223 e.